The van der Waals surface area contributed by atoms with E-state index in [4.69, 9.17) is 16.3 Å². The second-order valence-corrected chi connectivity index (χ2v) is 4.98. The largest absolute Gasteiger partial charge is 0.462 e. The summed E-state index contributed by atoms with van der Waals surface area (Å²) >= 11 is 6.28. The van der Waals surface area contributed by atoms with Crippen molar-refractivity contribution in [3.8, 4) is 0 Å². The van der Waals surface area contributed by atoms with E-state index in [1.807, 2.05) is 12.1 Å². The second-order valence-electron chi connectivity index (χ2n) is 4.60. The molecule has 22 heavy (non-hydrogen) atoms. The van der Waals surface area contributed by atoms with Gasteiger partial charge in [0, 0.05) is 18.6 Å². The predicted molar refractivity (Wildman–Crippen MR) is 81.8 cm³/mol. The van der Waals surface area contributed by atoms with Crippen molar-refractivity contribution in [1.82, 2.24) is 19.7 Å². The fraction of sp³-hybridized carbons (Fsp3) is 0.200. The van der Waals surface area contributed by atoms with E-state index in [2.05, 4.69) is 15.1 Å². The lowest BCUT2D eigenvalue weighted by Crippen LogP contribution is -2.07. The summed E-state index contributed by atoms with van der Waals surface area (Å²) in [6, 6.07) is 3.81. The first kappa shape index (κ1) is 14.5. The molecule has 0 bridgehead atoms. The van der Waals surface area contributed by atoms with Crippen LogP contribution in [0.2, 0.25) is 5.02 Å². The lowest BCUT2D eigenvalue weighted by atomic mass is 10.2. The first-order valence-electron chi connectivity index (χ1n) is 6.76. The normalized spacial score (nSPS) is 10.8. The Morgan fingerprint density at radius 2 is 2.09 bits per heavy atom. The van der Waals surface area contributed by atoms with Crippen LogP contribution in [0.4, 0.5) is 0 Å². The van der Waals surface area contributed by atoms with Crippen LogP contribution in [0.25, 0.3) is 11.0 Å². The minimum Gasteiger partial charge on any atom is -0.462 e. The van der Waals surface area contributed by atoms with Crippen LogP contribution in [0, 0.1) is 0 Å². The molecule has 3 heterocycles. The van der Waals surface area contributed by atoms with Gasteiger partial charge in [0.2, 0.25) is 0 Å². The minimum atomic E-state index is -0.483. The van der Waals surface area contributed by atoms with Crippen LogP contribution in [0.1, 0.15) is 22.8 Å². The summed E-state index contributed by atoms with van der Waals surface area (Å²) in [4.78, 5) is 20.1. The predicted octanol–water partition coefficient (Wildman–Crippen LogP) is 2.70. The van der Waals surface area contributed by atoms with E-state index < -0.39 is 5.97 Å². The van der Waals surface area contributed by atoms with Crippen molar-refractivity contribution >= 4 is 28.6 Å². The molecule has 0 spiro atoms. The number of pyridine rings is 2. The summed E-state index contributed by atoms with van der Waals surface area (Å²) in [6.45, 7) is 2.58. The maximum atomic E-state index is 11.8. The summed E-state index contributed by atoms with van der Waals surface area (Å²) in [5, 5.41) is 5.23. The first-order chi connectivity index (χ1) is 10.7. The summed E-state index contributed by atoms with van der Waals surface area (Å²) < 4.78 is 6.69. The van der Waals surface area contributed by atoms with Gasteiger partial charge in [-0.1, -0.05) is 11.6 Å². The van der Waals surface area contributed by atoms with Gasteiger partial charge in [-0.15, -0.1) is 0 Å². The smallest absolute Gasteiger partial charge is 0.341 e. The number of carbonyl (C=O) groups is 1. The van der Waals surface area contributed by atoms with Crippen molar-refractivity contribution in [2.24, 2.45) is 0 Å². The SMILES string of the molecule is CCOC(=O)c1cnc2c(cnn2Cc2ccncc2)c1Cl. The molecule has 3 rings (SSSR count). The average molecular weight is 317 g/mol. The number of rotatable bonds is 4. The van der Waals surface area contributed by atoms with E-state index in [0.29, 0.717) is 22.6 Å². The number of fused-ring (bicyclic) bond motifs is 1. The summed E-state index contributed by atoms with van der Waals surface area (Å²) in [6.07, 6.45) is 6.47. The first-order valence-corrected chi connectivity index (χ1v) is 7.14. The molecule has 0 aliphatic rings. The molecule has 0 N–H and O–H groups in total. The quantitative estimate of drug-likeness (QED) is 0.692. The van der Waals surface area contributed by atoms with E-state index in [-0.39, 0.29) is 12.2 Å². The molecule has 0 aliphatic carbocycles. The maximum absolute atomic E-state index is 11.8. The van der Waals surface area contributed by atoms with Crippen molar-refractivity contribution < 1.29 is 9.53 Å². The highest BCUT2D eigenvalue weighted by atomic mass is 35.5. The molecule has 0 amide bonds. The number of ether oxygens (including phenoxy) is 1. The van der Waals surface area contributed by atoms with Gasteiger partial charge in [0.05, 0.1) is 35.3 Å². The van der Waals surface area contributed by atoms with Gasteiger partial charge in [-0.3, -0.25) is 4.98 Å². The standard InChI is InChI=1S/C15H13ClN4O2/c1-2-22-15(21)12-7-18-14-11(13(12)16)8-19-20(14)9-10-3-5-17-6-4-10/h3-8H,2,9H2,1H3. The highest BCUT2D eigenvalue weighted by Crippen LogP contribution is 2.26. The molecular weight excluding hydrogens is 304 g/mol. The second kappa shape index (κ2) is 6.11. The lowest BCUT2D eigenvalue weighted by Gasteiger charge is -2.06. The van der Waals surface area contributed by atoms with Gasteiger partial charge in [-0.25, -0.2) is 14.5 Å². The average Bonchev–Trinajstić information content (AvgIpc) is 2.93. The molecule has 0 radical (unpaired) electrons. The van der Waals surface area contributed by atoms with Crippen molar-refractivity contribution in [2.45, 2.75) is 13.5 Å². The Balaban J connectivity index is 1.99. The molecule has 6 nitrogen and oxygen atoms in total. The molecule has 0 aromatic carbocycles. The molecular formula is C15H13ClN4O2. The number of hydrogen-bond acceptors (Lipinski definition) is 5. The molecule has 3 aromatic heterocycles. The number of nitrogens with zero attached hydrogens (tertiary/aromatic N) is 4. The number of hydrogen-bond donors (Lipinski definition) is 0. The van der Waals surface area contributed by atoms with Crippen LogP contribution in [0.5, 0.6) is 0 Å². The minimum absolute atomic E-state index is 0.250. The van der Waals surface area contributed by atoms with Crippen LogP contribution >= 0.6 is 11.6 Å². The zero-order valence-electron chi connectivity index (χ0n) is 11.9. The van der Waals surface area contributed by atoms with Gasteiger partial charge in [0.1, 0.15) is 0 Å². The third-order valence-corrected chi connectivity index (χ3v) is 3.58. The van der Waals surface area contributed by atoms with Gasteiger partial charge in [0.15, 0.2) is 5.65 Å². The van der Waals surface area contributed by atoms with Gasteiger partial charge >= 0.3 is 5.97 Å². The van der Waals surface area contributed by atoms with Crippen LogP contribution in [0.3, 0.4) is 0 Å². The molecule has 0 fully saturated rings. The zero-order valence-corrected chi connectivity index (χ0v) is 12.6. The summed E-state index contributed by atoms with van der Waals surface area (Å²) in [7, 11) is 0. The third kappa shape index (κ3) is 2.65. The Kier molecular flexibility index (Phi) is 4.02. The van der Waals surface area contributed by atoms with Crippen molar-refractivity contribution in [3.05, 3.63) is 53.1 Å². The molecule has 112 valence electrons. The fourth-order valence-electron chi connectivity index (χ4n) is 2.13. The summed E-state index contributed by atoms with van der Waals surface area (Å²) in [5.41, 5.74) is 1.92. The molecule has 0 atom stereocenters. The molecule has 7 heteroatoms. The van der Waals surface area contributed by atoms with E-state index in [0.717, 1.165) is 5.56 Å². The van der Waals surface area contributed by atoms with Gasteiger partial charge in [-0.2, -0.15) is 5.10 Å². The van der Waals surface area contributed by atoms with Gasteiger partial charge in [-0.05, 0) is 24.6 Å². The van der Waals surface area contributed by atoms with Gasteiger partial charge in [0.25, 0.3) is 0 Å². The van der Waals surface area contributed by atoms with E-state index in [9.17, 15) is 4.79 Å². The van der Waals surface area contributed by atoms with Crippen LogP contribution in [0.15, 0.2) is 36.9 Å². The van der Waals surface area contributed by atoms with Crippen LogP contribution in [-0.4, -0.2) is 32.3 Å². The van der Waals surface area contributed by atoms with Crippen molar-refractivity contribution in [1.29, 1.82) is 0 Å². The Morgan fingerprint density at radius 3 is 2.82 bits per heavy atom. The Morgan fingerprint density at radius 1 is 1.32 bits per heavy atom. The van der Waals surface area contributed by atoms with E-state index in [1.165, 1.54) is 6.20 Å². The maximum Gasteiger partial charge on any atom is 0.341 e. The molecule has 0 aliphatic heterocycles. The fourth-order valence-corrected chi connectivity index (χ4v) is 2.38. The van der Waals surface area contributed by atoms with Crippen molar-refractivity contribution in [3.63, 3.8) is 0 Å². The number of esters is 1. The monoisotopic (exact) mass is 316 g/mol. The number of halogens is 1. The molecule has 0 saturated carbocycles. The molecule has 0 saturated heterocycles. The van der Waals surface area contributed by atoms with Gasteiger partial charge < -0.3 is 4.74 Å². The van der Waals surface area contributed by atoms with E-state index >= 15 is 0 Å². The Bertz CT molecular complexity index is 817. The highest BCUT2D eigenvalue weighted by molar-refractivity contribution is 6.38. The van der Waals surface area contributed by atoms with Crippen LogP contribution in [-0.2, 0) is 11.3 Å². The summed E-state index contributed by atoms with van der Waals surface area (Å²) in [5.74, 6) is -0.483. The Labute approximate surface area is 131 Å². The third-order valence-electron chi connectivity index (χ3n) is 3.18. The highest BCUT2D eigenvalue weighted by Gasteiger charge is 2.17. The number of carbonyl (C=O) groups excluding carboxylic acids is 1. The number of aromatic nitrogens is 4. The van der Waals surface area contributed by atoms with Crippen LogP contribution < -0.4 is 0 Å². The lowest BCUT2D eigenvalue weighted by molar-refractivity contribution is 0.0526. The van der Waals surface area contributed by atoms with Crippen molar-refractivity contribution in [2.75, 3.05) is 6.61 Å². The van der Waals surface area contributed by atoms with E-state index in [1.54, 1.807) is 30.2 Å². The topological polar surface area (TPSA) is 69.9 Å². The molecule has 3 aromatic rings. The zero-order chi connectivity index (χ0) is 15.5. The Hall–Kier alpha value is -2.47. The molecule has 0 unspecified atom stereocenters.